The number of hydrogen-bond acceptors (Lipinski definition) is 3. The van der Waals surface area contributed by atoms with E-state index in [9.17, 15) is 4.79 Å². The molecular formula is C14H23ClN2O2. The molecular weight excluding hydrogens is 264 g/mol. The van der Waals surface area contributed by atoms with E-state index in [-0.39, 0.29) is 24.9 Å². The van der Waals surface area contributed by atoms with Crippen LogP contribution in [0.5, 0.6) is 0 Å². The van der Waals surface area contributed by atoms with Crippen LogP contribution in [0.2, 0.25) is 0 Å². The molecule has 0 bridgehead atoms. The fourth-order valence-corrected chi connectivity index (χ4v) is 1.83. The molecule has 19 heavy (non-hydrogen) atoms. The molecule has 0 heterocycles. The van der Waals surface area contributed by atoms with Crippen LogP contribution >= 0.6 is 12.4 Å². The molecule has 1 aromatic rings. The Morgan fingerprint density at radius 1 is 1.42 bits per heavy atom. The van der Waals surface area contributed by atoms with Crippen molar-refractivity contribution in [3.05, 3.63) is 34.9 Å². The van der Waals surface area contributed by atoms with Gasteiger partial charge in [-0.1, -0.05) is 23.8 Å². The quantitative estimate of drug-likeness (QED) is 0.830. The van der Waals surface area contributed by atoms with Gasteiger partial charge in [0.1, 0.15) is 6.04 Å². The van der Waals surface area contributed by atoms with Crippen molar-refractivity contribution in [1.29, 1.82) is 0 Å². The highest BCUT2D eigenvalue weighted by molar-refractivity contribution is 5.85. The molecule has 0 radical (unpaired) electrons. The Morgan fingerprint density at radius 3 is 2.68 bits per heavy atom. The fourth-order valence-electron chi connectivity index (χ4n) is 1.83. The van der Waals surface area contributed by atoms with Gasteiger partial charge in [0.2, 0.25) is 5.91 Å². The summed E-state index contributed by atoms with van der Waals surface area (Å²) < 4.78 is 4.84. The summed E-state index contributed by atoms with van der Waals surface area (Å²) in [6.07, 6.45) is 0.817. The number of carbonyl (C=O) groups is 1. The van der Waals surface area contributed by atoms with Gasteiger partial charge in [-0.25, -0.2) is 0 Å². The molecule has 0 fully saturated rings. The van der Waals surface area contributed by atoms with E-state index in [1.807, 2.05) is 0 Å². The smallest absolute Gasteiger partial charge is 0.239 e. The Morgan fingerprint density at radius 2 is 2.11 bits per heavy atom. The summed E-state index contributed by atoms with van der Waals surface area (Å²) >= 11 is 0. The van der Waals surface area contributed by atoms with Gasteiger partial charge in [0.15, 0.2) is 0 Å². The average Bonchev–Trinajstić information content (AvgIpc) is 2.32. The first-order valence-electron chi connectivity index (χ1n) is 6.13. The van der Waals surface area contributed by atoms with E-state index in [1.54, 1.807) is 0 Å². The number of methoxy groups -OCH3 is 1. The van der Waals surface area contributed by atoms with Gasteiger partial charge in [-0.15, -0.1) is 12.4 Å². The second-order valence-corrected chi connectivity index (χ2v) is 4.53. The van der Waals surface area contributed by atoms with Crippen LogP contribution in [0.3, 0.4) is 0 Å². The predicted molar refractivity (Wildman–Crippen MR) is 79.7 cm³/mol. The Hall–Kier alpha value is -1.10. The highest BCUT2D eigenvalue weighted by Crippen LogP contribution is 2.10. The summed E-state index contributed by atoms with van der Waals surface area (Å²) in [5, 5.41) is 2.81. The van der Waals surface area contributed by atoms with Crippen molar-refractivity contribution < 1.29 is 9.53 Å². The molecule has 0 saturated heterocycles. The molecule has 0 spiro atoms. The van der Waals surface area contributed by atoms with Crippen LogP contribution in [0.4, 0.5) is 0 Å². The molecule has 1 aromatic carbocycles. The first kappa shape index (κ1) is 17.9. The SMILES string of the molecule is COCC(N)C(=O)NCCc1ccc(C)cc1C.Cl. The monoisotopic (exact) mass is 286 g/mol. The Kier molecular flexibility index (Phi) is 8.39. The van der Waals surface area contributed by atoms with E-state index in [0.717, 1.165) is 6.42 Å². The number of nitrogens with one attached hydrogen (secondary N) is 1. The number of rotatable bonds is 6. The third kappa shape index (κ3) is 6.05. The molecule has 1 rings (SSSR count). The van der Waals surface area contributed by atoms with E-state index < -0.39 is 6.04 Å². The second kappa shape index (κ2) is 8.91. The normalized spacial score (nSPS) is 11.6. The zero-order chi connectivity index (χ0) is 13.5. The molecule has 1 unspecified atom stereocenters. The Bertz CT molecular complexity index is 410. The van der Waals surface area contributed by atoms with Crippen LogP contribution in [-0.2, 0) is 16.0 Å². The van der Waals surface area contributed by atoms with Gasteiger partial charge in [0.25, 0.3) is 0 Å². The van der Waals surface area contributed by atoms with Gasteiger partial charge in [0, 0.05) is 13.7 Å². The maximum atomic E-state index is 11.5. The van der Waals surface area contributed by atoms with Crippen LogP contribution < -0.4 is 11.1 Å². The lowest BCUT2D eigenvalue weighted by atomic mass is 10.0. The van der Waals surface area contributed by atoms with Crippen LogP contribution in [0.25, 0.3) is 0 Å². The Balaban J connectivity index is 0.00000324. The van der Waals surface area contributed by atoms with Gasteiger partial charge in [-0.05, 0) is 31.4 Å². The predicted octanol–water partition coefficient (Wildman–Crippen LogP) is 1.36. The number of ether oxygens (including phenoxy) is 1. The average molecular weight is 287 g/mol. The molecule has 3 N–H and O–H groups in total. The van der Waals surface area contributed by atoms with Crippen LogP contribution in [0, 0.1) is 13.8 Å². The third-order valence-electron chi connectivity index (χ3n) is 2.87. The summed E-state index contributed by atoms with van der Waals surface area (Å²) in [6.45, 7) is 5.00. The van der Waals surface area contributed by atoms with Crippen LogP contribution in [-0.4, -0.2) is 32.2 Å². The van der Waals surface area contributed by atoms with Crippen molar-refractivity contribution in [2.24, 2.45) is 5.73 Å². The minimum absolute atomic E-state index is 0. The molecule has 5 heteroatoms. The number of nitrogens with two attached hydrogens (primary N) is 1. The summed E-state index contributed by atoms with van der Waals surface area (Å²) in [7, 11) is 1.53. The van der Waals surface area contributed by atoms with Crippen molar-refractivity contribution in [3.8, 4) is 0 Å². The molecule has 0 saturated carbocycles. The molecule has 4 nitrogen and oxygen atoms in total. The number of hydrogen-bond donors (Lipinski definition) is 2. The molecule has 0 aliphatic carbocycles. The Labute approximate surface area is 121 Å². The molecule has 0 aliphatic rings. The summed E-state index contributed by atoms with van der Waals surface area (Å²) in [5.41, 5.74) is 9.38. The molecule has 0 aliphatic heterocycles. The zero-order valence-corrected chi connectivity index (χ0v) is 12.5. The number of carbonyl (C=O) groups excluding carboxylic acids is 1. The molecule has 1 amide bonds. The topological polar surface area (TPSA) is 64.3 Å². The summed E-state index contributed by atoms with van der Waals surface area (Å²) in [5.74, 6) is -0.165. The van der Waals surface area contributed by atoms with Crippen molar-refractivity contribution >= 4 is 18.3 Å². The first-order chi connectivity index (χ1) is 8.54. The van der Waals surface area contributed by atoms with Crippen molar-refractivity contribution in [1.82, 2.24) is 5.32 Å². The summed E-state index contributed by atoms with van der Waals surface area (Å²) in [6, 6.07) is 5.75. The van der Waals surface area contributed by atoms with Crippen molar-refractivity contribution in [2.75, 3.05) is 20.3 Å². The molecule has 1 atom stereocenters. The van der Waals surface area contributed by atoms with E-state index in [1.165, 1.54) is 23.8 Å². The zero-order valence-electron chi connectivity index (χ0n) is 11.7. The maximum absolute atomic E-state index is 11.5. The van der Waals surface area contributed by atoms with Crippen LogP contribution in [0.15, 0.2) is 18.2 Å². The van der Waals surface area contributed by atoms with Crippen molar-refractivity contribution in [3.63, 3.8) is 0 Å². The van der Waals surface area contributed by atoms with E-state index in [2.05, 4.69) is 37.4 Å². The van der Waals surface area contributed by atoms with E-state index in [4.69, 9.17) is 10.5 Å². The van der Waals surface area contributed by atoms with E-state index in [0.29, 0.717) is 6.54 Å². The number of aryl methyl sites for hydroxylation is 2. The lowest BCUT2D eigenvalue weighted by molar-refractivity contribution is -0.123. The number of halogens is 1. The molecule has 108 valence electrons. The number of benzene rings is 1. The lowest BCUT2D eigenvalue weighted by Crippen LogP contribution is -2.44. The van der Waals surface area contributed by atoms with Crippen LogP contribution in [0.1, 0.15) is 16.7 Å². The third-order valence-corrected chi connectivity index (χ3v) is 2.87. The highest BCUT2D eigenvalue weighted by atomic mass is 35.5. The van der Waals surface area contributed by atoms with Gasteiger partial charge in [-0.3, -0.25) is 4.79 Å². The van der Waals surface area contributed by atoms with Gasteiger partial charge >= 0.3 is 0 Å². The fraction of sp³-hybridized carbons (Fsp3) is 0.500. The summed E-state index contributed by atoms with van der Waals surface area (Å²) in [4.78, 5) is 11.5. The van der Waals surface area contributed by atoms with Gasteiger partial charge in [0.05, 0.1) is 6.61 Å². The largest absolute Gasteiger partial charge is 0.383 e. The minimum Gasteiger partial charge on any atom is -0.383 e. The van der Waals surface area contributed by atoms with Gasteiger partial charge < -0.3 is 15.8 Å². The second-order valence-electron chi connectivity index (χ2n) is 4.53. The molecule has 0 aromatic heterocycles. The lowest BCUT2D eigenvalue weighted by Gasteiger charge is -2.12. The highest BCUT2D eigenvalue weighted by Gasteiger charge is 2.11. The maximum Gasteiger partial charge on any atom is 0.239 e. The standard InChI is InChI=1S/C14H22N2O2.ClH/c1-10-4-5-12(11(2)8-10)6-7-16-14(17)13(15)9-18-3;/h4-5,8,13H,6-7,9,15H2,1-3H3,(H,16,17);1H. The number of amides is 1. The van der Waals surface area contributed by atoms with E-state index >= 15 is 0 Å². The van der Waals surface area contributed by atoms with Crippen molar-refractivity contribution in [2.45, 2.75) is 26.3 Å². The minimum atomic E-state index is -0.589. The first-order valence-corrected chi connectivity index (χ1v) is 6.13. The van der Waals surface area contributed by atoms with Gasteiger partial charge in [-0.2, -0.15) is 0 Å².